The van der Waals surface area contributed by atoms with Crippen molar-refractivity contribution < 1.29 is 14.3 Å². The minimum absolute atomic E-state index is 0.292. The van der Waals surface area contributed by atoms with Crippen LogP contribution in [0.15, 0.2) is 18.2 Å². The molecular weight excluding hydrogens is 238 g/mol. The quantitative estimate of drug-likeness (QED) is 0.652. The third kappa shape index (κ3) is 3.42. The van der Waals surface area contributed by atoms with Gasteiger partial charge in [-0.1, -0.05) is 24.4 Å². The summed E-state index contributed by atoms with van der Waals surface area (Å²) in [5, 5.41) is 0. The highest BCUT2D eigenvalue weighted by Crippen LogP contribution is 2.21. The molecule has 0 amide bonds. The molecule has 5 heteroatoms. The zero-order valence-corrected chi connectivity index (χ0v) is 10.8. The number of carbonyl (C=O) groups excluding carboxylic acids is 1. The summed E-state index contributed by atoms with van der Waals surface area (Å²) < 4.78 is 10.1. The van der Waals surface area contributed by atoms with Crippen LogP contribution in [0.2, 0.25) is 0 Å². The van der Waals surface area contributed by atoms with Crippen molar-refractivity contribution in [2.24, 2.45) is 5.73 Å². The Kier molecular flexibility index (Phi) is 4.45. The van der Waals surface area contributed by atoms with E-state index in [1.54, 1.807) is 13.0 Å². The molecule has 2 N–H and O–H groups in total. The van der Waals surface area contributed by atoms with E-state index in [0.717, 1.165) is 5.56 Å². The van der Waals surface area contributed by atoms with Gasteiger partial charge in [-0.15, -0.1) is 0 Å². The summed E-state index contributed by atoms with van der Waals surface area (Å²) in [7, 11) is 1.32. The fourth-order valence-electron chi connectivity index (χ4n) is 1.28. The van der Waals surface area contributed by atoms with E-state index < -0.39 is 12.1 Å². The zero-order valence-electron chi connectivity index (χ0n) is 10.0. The van der Waals surface area contributed by atoms with Crippen molar-refractivity contribution >= 4 is 23.2 Å². The number of ether oxygens (including phenoxy) is 2. The van der Waals surface area contributed by atoms with E-state index in [4.69, 9.17) is 22.7 Å². The summed E-state index contributed by atoms with van der Waals surface area (Å²) >= 11 is 4.88. The van der Waals surface area contributed by atoms with E-state index >= 15 is 0 Å². The van der Waals surface area contributed by atoms with Crippen LogP contribution < -0.4 is 10.5 Å². The average molecular weight is 253 g/mol. The molecule has 0 saturated heterocycles. The van der Waals surface area contributed by atoms with Crippen LogP contribution in [-0.2, 0) is 9.53 Å². The molecule has 17 heavy (non-hydrogen) atoms. The first-order chi connectivity index (χ1) is 7.95. The van der Waals surface area contributed by atoms with Gasteiger partial charge < -0.3 is 15.2 Å². The summed E-state index contributed by atoms with van der Waals surface area (Å²) in [6.45, 7) is 3.50. The molecule has 0 aliphatic carbocycles. The normalized spacial score (nSPS) is 11.7. The van der Waals surface area contributed by atoms with Crippen molar-refractivity contribution in [2.75, 3.05) is 7.11 Å². The summed E-state index contributed by atoms with van der Waals surface area (Å²) in [4.78, 5) is 11.5. The van der Waals surface area contributed by atoms with Gasteiger partial charge in [-0.05, 0) is 25.5 Å². The van der Waals surface area contributed by atoms with Crippen molar-refractivity contribution in [1.29, 1.82) is 0 Å². The maximum absolute atomic E-state index is 11.2. The SMILES string of the molecule is COC(=O)C(C)Oc1cc(C(N)=S)ccc1C. The first-order valence-electron chi connectivity index (χ1n) is 5.10. The number of nitrogens with two attached hydrogens (primary N) is 1. The number of benzene rings is 1. The predicted molar refractivity (Wildman–Crippen MR) is 69.2 cm³/mol. The Labute approximate surface area is 106 Å². The molecule has 0 aliphatic rings. The van der Waals surface area contributed by atoms with Gasteiger partial charge in [-0.3, -0.25) is 0 Å². The monoisotopic (exact) mass is 253 g/mol. The Morgan fingerprint density at radius 3 is 2.65 bits per heavy atom. The maximum Gasteiger partial charge on any atom is 0.346 e. The van der Waals surface area contributed by atoms with Crippen LogP contribution in [0.3, 0.4) is 0 Å². The van der Waals surface area contributed by atoms with Crippen molar-refractivity contribution in [3.63, 3.8) is 0 Å². The number of rotatable bonds is 4. The van der Waals surface area contributed by atoms with Crippen molar-refractivity contribution in [3.05, 3.63) is 29.3 Å². The molecule has 1 rings (SSSR count). The van der Waals surface area contributed by atoms with Crippen LogP contribution >= 0.6 is 12.2 Å². The van der Waals surface area contributed by atoms with Gasteiger partial charge in [0.25, 0.3) is 0 Å². The lowest BCUT2D eigenvalue weighted by atomic mass is 10.1. The maximum atomic E-state index is 11.2. The Hall–Kier alpha value is -1.62. The lowest BCUT2D eigenvalue weighted by molar-refractivity contribution is -0.147. The molecule has 0 aliphatic heterocycles. The van der Waals surface area contributed by atoms with E-state index in [1.165, 1.54) is 7.11 Å². The number of thiocarbonyl (C=S) groups is 1. The van der Waals surface area contributed by atoms with Gasteiger partial charge in [-0.2, -0.15) is 0 Å². The molecule has 4 nitrogen and oxygen atoms in total. The molecule has 1 atom stereocenters. The summed E-state index contributed by atoms with van der Waals surface area (Å²) in [6, 6.07) is 5.37. The highest BCUT2D eigenvalue weighted by molar-refractivity contribution is 7.80. The van der Waals surface area contributed by atoms with Crippen LogP contribution in [0.4, 0.5) is 0 Å². The average Bonchev–Trinajstić information content (AvgIpc) is 2.30. The number of hydrogen-bond acceptors (Lipinski definition) is 4. The van der Waals surface area contributed by atoms with E-state index in [9.17, 15) is 4.79 Å². The number of hydrogen-bond donors (Lipinski definition) is 1. The molecule has 1 aromatic carbocycles. The zero-order chi connectivity index (χ0) is 13.0. The first kappa shape index (κ1) is 13.4. The van der Waals surface area contributed by atoms with E-state index in [2.05, 4.69) is 4.74 Å². The van der Waals surface area contributed by atoms with E-state index in [0.29, 0.717) is 16.3 Å². The Balaban J connectivity index is 2.93. The van der Waals surface area contributed by atoms with Crippen molar-refractivity contribution in [2.45, 2.75) is 20.0 Å². The molecule has 0 spiro atoms. The fraction of sp³-hybridized carbons (Fsp3) is 0.333. The molecule has 1 unspecified atom stereocenters. The minimum atomic E-state index is -0.666. The second kappa shape index (κ2) is 5.63. The summed E-state index contributed by atoms with van der Waals surface area (Å²) in [6.07, 6.45) is -0.666. The number of esters is 1. The number of aryl methyl sites for hydroxylation is 1. The third-order valence-corrected chi connectivity index (χ3v) is 2.55. The van der Waals surface area contributed by atoms with Gasteiger partial charge in [-0.25, -0.2) is 4.79 Å². The van der Waals surface area contributed by atoms with Crippen LogP contribution in [-0.4, -0.2) is 24.2 Å². The highest BCUT2D eigenvalue weighted by atomic mass is 32.1. The lowest BCUT2D eigenvalue weighted by Crippen LogP contribution is -2.25. The summed E-state index contributed by atoms with van der Waals surface area (Å²) in [5.74, 6) is 0.151. The van der Waals surface area contributed by atoms with Crippen LogP contribution in [0.1, 0.15) is 18.1 Å². The number of methoxy groups -OCH3 is 1. The van der Waals surface area contributed by atoms with Gasteiger partial charge >= 0.3 is 5.97 Å². The molecule has 92 valence electrons. The fourth-order valence-corrected chi connectivity index (χ4v) is 1.41. The van der Waals surface area contributed by atoms with Crippen LogP contribution in [0.5, 0.6) is 5.75 Å². The topological polar surface area (TPSA) is 61.5 Å². The molecule has 0 heterocycles. The molecule has 0 saturated carbocycles. The number of carbonyl (C=O) groups is 1. The molecule has 1 aromatic rings. The van der Waals surface area contributed by atoms with Gasteiger partial charge in [0.05, 0.1) is 7.11 Å². The molecular formula is C12H15NO3S. The predicted octanol–water partition coefficient (Wildman–Crippen LogP) is 1.57. The second-order valence-electron chi connectivity index (χ2n) is 3.63. The standard InChI is InChI=1S/C12H15NO3S/c1-7-4-5-9(11(13)17)6-10(7)16-8(2)12(14)15-3/h4-6,8H,1-3H3,(H2,13,17). The Bertz CT molecular complexity index is 445. The molecule has 0 bridgehead atoms. The largest absolute Gasteiger partial charge is 0.479 e. The molecule has 0 fully saturated rings. The van der Waals surface area contributed by atoms with E-state index in [1.807, 2.05) is 19.1 Å². The first-order valence-corrected chi connectivity index (χ1v) is 5.51. The van der Waals surface area contributed by atoms with Gasteiger partial charge in [0.2, 0.25) is 0 Å². The molecule has 0 aromatic heterocycles. The summed E-state index contributed by atoms with van der Waals surface area (Å²) in [5.41, 5.74) is 7.14. The van der Waals surface area contributed by atoms with Crippen LogP contribution in [0, 0.1) is 6.92 Å². The van der Waals surface area contributed by atoms with E-state index in [-0.39, 0.29) is 0 Å². The van der Waals surface area contributed by atoms with Gasteiger partial charge in [0, 0.05) is 5.56 Å². The minimum Gasteiger partial charge on any atom is -0.479 e. The Morgan fingerprint density at radius 1 is 1.47 bits per heavy atom. The lowest BCUT2D eigenvalue weighted by Gasteiger charge is -2.15. The smallest absolute Gasteiger partial charge is 0.346 e. The van der Waals surface area contributed by atoms with Crippen molar-refractivity contribution in [3.8, 4) is 5.75 Å². The van der Waals surface area contributed by atoms with Gasteiger partial charge in [0.1, 0.15) is 10.7 Å². The highest BCUT2D eigenvalue weighted by Gasteiger charge is 2.16. The Morgan fingerprint density at radius 2 is 2.12 bits per heavy atom. The van der Waals surface area contributed by atoms with Gasteiger partial charge in [0.15, 0.2) is 6.10 Å². The molecule has 0 radical (unpaired) electrons. The second-order valence-corrected chi connectivity index (χ2v) is 4.07. The van der Waals surface area contributed by atoms with Crippen molar-refractivity contribution in [1.82, 2.24) is 0 Å². The van der Waals surface area contributed by atoms with Crippen LogP contribution in [0.25, 0.3) is 0 Å². The third-order valence-electron chi connectivity index (χ3n) is 2.31.